The Morgan fingerprint density at radius 2 is 2.00 bits per heavy atom. The molecule has 0 atom stereocenters. The summed E-state index contributed by atoms with van der Waals surface area (Å²) in [6.45, 7) is 0.263. The number of anilines is 1. The number of carbonyl (C=O) groups excluding carboxylic acids is 1. The Labute approximate surface area is 145 Å². The van der Waals surface area contributed by atoms with Gasteiger partial charge in [-0.25, -0.2) is 4.79 Å². The van der Waals surface area contributed by atoms with Crippen LogP contribution >= 0.6 is 0 Å². The number of urea groups is 1. The van der Waals surface area contributed by atoms with Crippen molar-refractivity contribution in [2.75, 3.05) is 26.2 Å². The Kier molecular flexibility index (Phi) is 4.74. The van der Waals surface area contributed by atoms with Crippen LogP contribution < -0.4 is 19.7 Å². The smallest absolute Gasteiger partial charge is 0.322 e. The molecule has 1 N–H and O–H groups in total. The molecule has 7 nitrogen and oxygen atoms in total. The highest BCUT2D eigenvalue weighted by Crippen LogP contribution is 2.31. The maximum Gasteiger partial charge on any atom is 0.322 e. The largest absolute Gasteiger partial charge is 0.497 e. The lowest BCUT2D eigenvalue weighted by molar-refractivity contribution is 0.246. The molecular formula is C18H19N3O4. The summed E-state index contributed by atoms with van der Waals surface area (Å²) in [5.74, 6) is 1.20. The van der Waals surface area contributed by atoms with Crippen molar-refractivity contribution in [2.24, 2.45) is 0 Å². The maximum atomic E-state index is 12.5. The predicted octanol–water partition coefficient (Wildman–Crippen LogP) is 3.19. The normalized spacial score (nSPS) is 10.5. The molecule has 2 aromatic carbocycles. The van der Waals surface area contributed by atoms with E-state index in [1.807, 2.05) is 24.3 Å². The van der Waals surface area contributed by atoms with Crippen molar-refractivity contribution in [3.63, 3.8) is 0 Å². The van der Waals surface area contributed by atoms with Crippen LogP contribution in [0.2, 0.25) is 0 Å². The summed E-state index contributed by atoms with van der Waals surface area (Å²) < 4.78 is 15.7. The zero-order valence-corrected chi connectivity index (χ0v) is 14.3. The third-order valence-electron chi connectivity index (χ3n) is 3.91. The summed E-state index contributed by atoms with van der Waals surface area (Å²) in [4.78, 5) is 13.9. The number of fused-ring (bicyclic) bond motifs is 1. The van der Waals surface area contributed by atoms with Gasteiger partial charge in [-0.1, -0.05) is 17.3 Å². The number of amides is 2. The number of para-hydroxylation sites is 1. The van der Waals surface area contributed by atoms with Crippen LogP contribution in [-0.4, -0.2) is 32.5 Å². The minimum atomic E-state index is -0.282. The van der Waals surface area contributed by atoms with Gasteiger partial charge in [0.05, 0.1) is 26.5 Å². The molecule has 25 heavy (non-hydrogen) atoms. The average Bonchev–Trinajstić information content (AvgIpc) is 3.08. The molecule has 0 aliphatic heterocycles. The van der Waals surface area contributed by atoms with Gasteiger partial charge in [-0.2, -0.15) is 0 Å². The summed E-state index contributed by atoms with van der Waals surface area (Å²) in [6, 6.07) is 12.5. The van der Waals surface area contributed by atoms with E-state index >= 15 is 0 Å². The first-order valence-electron chi connectivity index (χ1n) is 7.71. The maximum absolute atomic E-state index is 12.5. The van der Waals surface area contributed by atoms with Gasteiger partial charge in [0.15, 0.2) is 5.58 Å². The molecule has 130 valence electrons. The molecule has 0 aliphatic rings. The van der Waals surface area contributed by atoms with E-state index < -0.39 is 0 Å². The van der Waals surface area contributed by atoms with Crippen LogP contribution in [0.15, 0.2) is 47.0 Å². The molecule has 3 aromatic rings. The molecule has 0 radical (unpaired) electrons. The number of carbonyl (C=O) groups is 1. The number of ether oxygens (including phenoxy) is 2. The fourth-order valence-corrected chi connectivity index (χ4v) is 2.51. The molecule has 1 heterocycles. The minimum absolute atomic E-state index is 0.263. The van der Waals surface area contributed by atoms with Crippen LogP contribution in [0.4, 0.5) is 10.5 Å². The van der Waals surface area contributed by atoms with Crippen molar-refractivity contribution >= 4 is 22.7 Å². The lowest BCUT2D eigenvalue weighted by atomic mass is 10.2. The van der Waals surface area contributed by atoms with E-state index in [-0.39, 0.29) is 12.6 Å². The minimum Gasteiger partial charge on any atom is -0.497 e. The molecule has 0 fully saturated rings. The van der Waals surface area contributed by atoms with Crippen molar-refractivity contribution in [3.05, 3.63) is 48.2 Å². The second-order valence-electron chi connectivity index (χ2n) is 5.38. The van der Waals surface area contributed by atoms with Crippen LogP contribution in [0.3, 0.4) is 0 Å². The number of hydrogen-bond acceptors (Lipinski definition) is 5. The first-order valence-corrected chi connectivity index (χ1v) is 7.71. The highest BCUT2D eigenvalue weighted by Gasteiger charge is 2.17. The lowest BCUT2D eigenvalue weighted by Gasteiger charge is -2.20. The fourth-order valence-electron chi connectivity index (χ4n) is 2.51. The van der Waals surface area contributed by atoms with Crippen molar-refractivity contribution in [3.8, 4) is 11.5 Å². The van der Waals surface area contributed by atoms with Crippen molar-refractivity contribution < 1.29 is 18.8 Å². The van der Waals surface area contributed by atoms with Gasteiger partial charge in [-0.05, 0) is 24.3 Å². The van der Waals surface area contributed by atoms with Crippen molar-refractivity contribution in [1.29, 1.82) is 0 Å². The lowest BCUT2D eigenvalue weighted by Crippen LogP contribution is -2.37. The zero-order chi connectivity index (χ0) is 17.8. The van der Waals surface area contributed by atoms with E-state index in [1.165, 1.54) is 4.90 Å². The molecule has 0 saturated heterocycles. The Hall–Kier alpha value is -3.22. The second kappa shape index (κ2) is 7.12. The monoisotopic (exact) mass is 341 g/mol. The molecule has 0 spiro atoms. The molecule has 3 rings (SSSR count). The molecule has 2 amide bonds. The van der Waals surface area contributed by atoms with Gasteiger partial charge >= 0.3 is 6.03 Å². The first kappa shape index (κ1) is 16.6. The van der Waals surface area contributed by atoms with Gasteiger partial charge in [0.2, 0.25) is 0 Å². The van der Waals surface area contributed by atoms with E-state index in [2.05, 4.69) is 10.5 Å². The van der Waals surface area contributed by atoms with Crippen LogP contribution in [0, 0.1) is 0 Å². The van der Waals surface area contributed by atoms with Gasteiger partial charge < -0.3 is 19.3 Å². The Balaban J connectivity index is 1.73. The SMILES string of the molecule is COc1ccc(N(C)C(=O)NCc2noc3ccccc23)c(OC)c1. The fraction of sp³-hybridized carbons (Fsp3) is 0.222. The average molecular weight is 341 g/mol. The van der Waals surface area contributed by atoms with Gasteiger partial charge in [0.25, 0.3) is 0 Å². The van der Waals surface area contributed by atoms with Crippen LogP contribution in [0.1, 0.15) is 5.69 Å². The Morgan fingerprint density at radius 1 is 1.20 bits per heavy atom. The summed E-state index contributed by atoms with van der Waals surface area (Å²) in [5.41, 5.74) is 2.00. The van der Waals surface area contributed by atoms with E-state index in [0.29, 0.717) is 28.5 Å². The zero-order valence-electron chi connectivity index (χ0n) is 14.3. The third-order valence-corrected chi connectivity index (χ3v) is 3.91. The number of benzene rings is 2. The van der Waals surface area contributed by atoms with Gasteiger partial charge in [-0.3, -0.25) is 4.90 Å². The Bertz CT molecular complexity index is 891. The van der Waals surface area contributed by atoms with Crippen LogP contribution in [0.5, 0.6) is 11.5 Å². The molecule has 7 heteroatoms. The molecule has 0 unspecified atom stereocenters. The van der Waals surface area contributed by atoms with Crippen molar-refractivity contribution in [1.82, 2.24) is 10.5 Å². The summed E-state index contributed by atoms with van der Waals surface area (Å²) in [7, 11) is 4.79. The van der Waals surface area contributed by atoms with Crippen LogP contribution in [-0.2, 0) is 6.54 Å². The van der Waals surface area contributed by atoms with E-state index in [0.717, 1.165) is 5.39 Å². The van der Waals surface area contributed by atoms with Crippen molar-refractivity contribution in [2.45, 2.75) is 6.54 Å². The quantitative estimate of drug-likeness (QED) is 0.771. The highest BCUT2D eigenvalue weighted by molar-refractivity contribution is 5.93. The number of rotatable bonds is 5. The first-order chi connectivity index (χ1) is 12.1. The molecule has 0 bridgehead atoms. The highest BCUT2D eigenvalue weighted by atomic mass is 16.5. The third kappa shape index (κ3) is 3.35. The van der Waals surface area contributed by atoms with E-state index in [9.17, 15) is 4.79 Å². The number of nitrogens with one attached hydrogen (secondary N) is 1. The number of aromatic nitrogens is 1. The summed E-state index contributed by atoms with van der Waals surface area (Å²) >= 11 is 0. The molecular weight excluding hydrogens is 322 g/mol. The molecule has 0 aliphatic carbocycles. The topological polar surface area (TPSA) is 76.8 Å². The standard InChI is InChI=1S/C18H19N3O4/c1-21(15-9-8-12(23-2)10-17(15)24-3)18(22)19-11-14-13-6-4-5-7-16(13)25-20-14/h4-10H,11H2,1-3H3,(H,19,22). The van der Waals surface area contributed by atoms with E-state index in [1.54, 1.807) is 39.5 Å². The molecule has 1 aromatic heterocycles. The number of methoxy groups -OCH3 is 2. The summed E-state index contributed by atoms with van der Waals surface area (Å²) in [5, 5.41) is 7.72. The predicted molar refractivity (Wildman–Crippen MR) is 94.2 cm³/mol. The number of nitrogens with zero attached hydrogens (tertiary/aromatic N) is 2. The number of hydrogen-bond donors (Lipinski definition) is 1. The summed E-state index contributed by atoms with van der Waals surface area (Å²) in [6.07, 6.45) is 0. The van der Waals surface area contributed by atoms with Gasteiger partial charge in [-0.15, -0.1) is 0 Å². The van der Waals surface area contributed by atoms with Crippen LogP contribution in [0.25, 0.3) is 11.0 Å². The second-order valence-corrected chi connectivity index (χ2v) is 5.38. The van der Waals surface area contributed by atoms with Gasteiger partial charge in [0, 0.05) is 18.5 Å². The van der Waals surface area contributed by atoms with E-state index in [4.69, 9.17) is 14.0 Å². The Morgan fingerprint density at radius 3 is 2.76 bits per heavy atom. The molecule has 0 saturated carbocycles. The van der Waals surface area contributed by atoms with Gasteiger partial charge in [0.1, 0.15) is 17.2 Å².